The Morgan fingerprint density at radius 3 is 2.67 bits per heavy atom. The van der Waals surface area contributed by atoms with Crippen molar-refractivity contribution >= 4 is 11.6 Å². The van der Waals surface area contributed by atoms with Crippen LogP contribution in [0.5, 0.6) is 0 Å². The summed E-state index contributed by atoms with van der Waals surface area (Å²) in [6.45, 7) is 2.98. The van der Waals surface area contributed by atoms with Crippen molar-refractivity contribution in [2.45, 2.75) is 32.2 Å². The average Bonchev–Trinajstić information content (AvgIpc) is 2.73. The Morgan fingerprint density at radius 2 is 1.95 bits per heavy atom. The maximum Gasteiger partial charge on any atom is 0.339 e. The van der Waals surface area contributed by atoms with Crippen molar-refractivity contribution in [2.24, 2.45) is 0 Å². The average molecular weight is 288 g/mol. The first kappa shape index (κ1) is 14.0. The van der Waals surface area contributed by atoms with Crippen LogP contribution in [0.1, 0.15) is 41.9 Å². The van der Waals surface area contributed by atoms with Gasteiger partial charge in [0, 0.05) is 6.20 Å². The third-order valence-electron chi connectivity index (χ3n) is 3.96. The van der Waals surface area contributed by atoms with E-state index in [2.05, 4.69) is 15.1 Å². The lowest BCUT2D eigenvalue weighted by Crippen LogP contribution is -2.25. The number of ether oxygens (including phenoxy) is 1. The topological polar surface area (TPSA) is 59.7 Å². The van der Waals surface area contributed by atoms with Crippen molar-refractivity contribution in [1.82, 2.24) is 19.5 Å². The predicted octanol–water partition coefficient (Wildman–Crippen LogP) is 1.89. The molecule has 0 N–H and O–H groups in total. The van der Waals surface area contributed by atoms with Gasteiger partial charge in [0.15, 0.2) is 11.5 Å². The molecular formula is C15H20N4O2. The fourth-order valence-corrected chi connectivity index (χ4v) is 2.78. The van der Waals surface area contributed by atoms with Crippen molar-refractivity contribution in [3.63, 3.8) is 0 Å². The molecular weight excluding hydrogens is 268 g/mol. The van der Waals surface area contributed by atoms with E-state index in [1.54, 1.807) is 18.3 Å². The highest BCUT2D eigenvalue weighted by atomic mass is 16.5. The molecule has 1 saturated heterocycles. The van der Waals surface area contributed by atoms with Crippen molar-refractivity contribution in [2.75, 3.05) is 20.2 Å². The largest absolute Gasteiger partial charge is 0.465 e. The normalized spacial score (nSPS) is 16.8. The van der Waals surface area contributed by atoms with E-state index >= 15 is 0 Å². The van der Waals surface area contributed by atoms with E-state index in [4.69, 9.17) is 4.74 Å². The van der Waals surface area contributed by atoms with Crippen LogP contribution in [0.3, 0.4) is 0 Å². The highest BCUT2D eigenvalue weighted by Crippen LogP contribution is 2.14. The second-order valence-corrected chi connectivity index (χ2v) is 5.44. The number of fused-ring (bicyclic) bond motifs is 1. The first-order chi connectivity index (χ1) is 10.3. The van der Waals surface area contributed by atoms with E-state index in [-0.39, 0.29) is 5.97 Å². The zero-order valence-electron chi connectivity index (χ0n) is 12.3. The molecule has 3 rings (SSSR count). The minimum Gasteiger partial charge on any atom is -0.465 e. The maximum absolute atomic E-state index is 11.6. The number of esters is 1. The Morgan fingerprint density at radius 1 is 1.19 bits per heavy atom. The molecule has 2 aromatic heterocycles. The number of rotatable bonds is 3. The number of hydrogen-bond donors (Lipinski definition) is 0. The number of pyridine rings is 1. The third-order valence-corrected chi connectivity index (χ3v) is 3.96. The second-order valence-electron chi connectivity index (χ2n) is 5.44. The van der Waals surface area contributed by atoms with Crippen LogP contribution in [0.15, 0.2) is 18.3 Å². The van der Waals surface area contributed by atoms with Crippen LogP contribution in [0.4, 0.5) is 0 Å². The molecule has 2 aromatic rings. The lowest BCUT2D eigenvalue weighted by atomic mass is 10.2. The lowest BCUT2D eigenvalue weighted by molar-refractivity contribution is 0.0600. The Balaban J connectivity index is 1.85. The van der Waals surface area contributed by atoms with Gasteiger partial charge in [-0.3, -0.25) is 9.30 Å². The number of hydrogen-bond acceptors (Lipinski definition) is 5. The summed E-state index contributed by atoms with van der Waals surface area (Å²) in [7, 11) is 1.39. The molecule has 112 valence electrons. The zero-order chi connectivity index (χ0) is 14.7. The van der Waals surface area contributed by atoms with Crippen LogP contribution < -0.4 is 0 Å². The van der Waals surface area contributed by atoms with Gasteiger partial charge in [-0.05, 0) is 38.1 Å². The number of nitrogens with zero attached hydrogens (tertiary/aromatic N) is 4. The number of likely N-dealkylation sites (tertiary alicyclic amines) is 1. The van der Waals surface area contributed by atoms with Crippen LogP contribution in [0.2, 0.25) is 0 Å². The maximum atomic E-state index is 11.6. The smallest absolute Gasteiger partial charge is 0.339 e. The summed E-state index contributed by atoms with van der Waals surface area (Å²) in [6.07, 6.45) is 6.86. The van der Waals surface area contributed by atoms with Crippen molar-refractivity contribution < 1.29 is 9.53 Å². The van der Waals surface area contributed by atoms with E-state index in [0.717, 1.165) is 31.1 Å². The summed E-state index contributed by atoms with van der Waals surface area (Å²) in [6, 6.07) is 3.51. The van der Waals surface area contributed by atoms with Crippen LogP contribution in [0.25, 0.3) is 5.65 Å². The third kappa shape index (κ3) is 3.05. The molecule has 0 radical (unpaired) electrons. The van der Waals surface area contributed by atoms with E-state index in [0.29, 0.717) is 5.56 Å². The summed E-state index contributed by atoms with van der Waals surface area (Å²) in [4.78, 5) is 14.0. The van der Waals surface area contributed by atoms with Crippen LogP contribution in [-0.2, 0) is 11.3 Å². The number of methoxy groups -OCH3 is 1. The van der Waals surface area contributed by atoms with Crippen LogP contribution in [-0.4, -0.2) is 45.7 Å². The molecule has 0 spiro atoms. The monoisotopic (exact) mass is 288 g/mol. The minimum atomic E-state index is -0.341. The molecule has 3 heterocycles. The molecule has 1 fully saturated rings. The summed E-state index contributed by atoms with van der Waals surface area (Å²) < 4.78 is 6.65. The summed E-state index contributed by atoms with van der Waals surface area (Å²) in [5.41, 5.74) is 1.27. The summed E-state index contributed by atoms with van der Waals surface area (Å²) in [5, 5.41) is 8.43. The Bertz CT molecular complexity index is 630. The van der Waals surface area contributed by atoms with Gasteiger partial charge in [0.05, 0.1) is 19.2 Å². The van der Waals surface area contributed by atoms with Gasteiger partial charge in [0.1, 0.15) is 0 Å². The van der Waals surface area contributed by atoms with E-state index < -0.39 is 0 Å². The second kappa shape index (κ2) is 6.22. The van der Waals surface area contributed by atoms with E-state index in [1.807, 2.05) is 4.40 Å². The van der Waals surface area contributed by atoms with E-state index in [9.17, 15) is 4.79 Å². The summed E-state index contributed by atoms with van der Waals surface area (Å²) >= 11 is 0. The van der Waals surface area contributed by atoms with E-state index in [1.165, 1.54) is 32.8 Å². The molecule has 6 nitrogen and oxygen atoms in total. The molecule has 0 atom stereocenters. The van der Waals surface area contributed by atoms with Crippen molar-refractivity contribution in [3.8, 4) is 0 Å². The van der Waals surface area contributed by atoms with Gasteiger partial charge < -0.3 is 4.74 Å². The van der Waals surface area contributed by atoms with Gasteiger partial charge in [-0.25, -0.2) is 4.79 Å². The summed E-state index contributed by atoms with van der Waals surface area (Å²) in [5.74, 6) is 0.531. The molecule has 0 amide bonds. The molecule has 6 heteroatoms. The zero-order valence-corrected chi connectivity index (χ0v) is 12.3. The minimum absolute atomic E-state index is 0.341. The van der Waals surface area contributed by atoms with Gasteiger partial charge in [0.2, 0.25) is 0 Å². The van der Waals surface area contributed by atoms with Gasteiger partial charge >= 0.3 is 5.97 Å². The number of carbonyl (C=O) groups is 1. The Labute approximate surface area is 123 Å². The quantitative estimate of drug-likeness (QED) is 0.807. The molecule has 0 bridgehead atoms. The van der Waals surface area contributed by atoms with Gasteiger partial charge in [0.25, 0.3) is 0 Å². The molecule has 0 aliphatic carbocycles. The van der Waals surface area contributed by atoms with Crippen LogP contribution >= 0.6 is 0 Å². The lowest BCUT2D eigenvalue weighted by Gasteiger charge is -2.18. The molecule has 1 aliphatic rings. The standard InChI is InChI=1S/C15H20N4O2/c1-21-15(20)12-6-7-13-16-17-14(19(13)10-12)11-18-8-4-2-3-5-9-18/h6-7,10H,2-5,8-9,11H2,1H3. The Hall–Kier alpha value is -1.95. The molecule has 0 saturated carbocycles. The first-order valence-electron chi connectivity index (χ1n) is 7.42. The van der Waals surface area contributed by atoms with Gasteiger partial charge in [-0.2, -0.15) is 0 Å². The van der Waals surface area contributed by atoms with Crippen molar-refractivity contribution in [3.05, 3.63) is 29.7 Å². The van der Waals surface area contributed by atoms with Gasteiger partial charge in [-0.15, -0.1) is 10.2 Å². The fraction of sp³-hybridized carbons (Fsp3) is 0.533. The fourth-order valence-electron chi connectivity index (χ4n) is 2.78. The SMILES string of the molecule is COC(=O)c1ccc2nnc(CN3CCCCCC3)n2c1. The number of aromatic nitrogens is 3. The van der Waals surface area contributed by atoms with Gasteiger partial charge in [-0.1, -0.05) is 12.8 Å². The predicted molar refractivity (Wildman–Crippen MR) is 78.1 cm³/mol. The van der Waals surface area contributed by atoms with Crippen LogP contribution in [0, 0.1) is 0 Å². The first-order valence-corrected chi connectivity index (χ1v) is 7.42. The molecule has 0 aromatic carbocycles. The molecule has 0 unspecified atom stereocenters. The number of carbonyl (C=O) groups excluding carboxylic acids is 1. The highest BCUT2D eigenvalue weighted by Gasteiger charge is 2.15. The molecule has 21 heavy (non-hydrogen) atoms. The Kier molecular flexibility index (Phi) is 4.15. The highest BCUT2D eigenvalue weighted by molar-refractivity contribution is 5.89. The van der Waals surface area contributed by atoms with Crippen molar-refractivity contribution in [1.29, 1.82) is 0 Å². The molecule has 1 aliphatic heterocycles.